The molecular weight excluding hydrogens is 871 g/mol. The summed E-state index contributed by atoms with van der Waals surface area (Å²) in [6.45, 7) is 5.07. The molecule has 68 heavy (non-hydrogen) atoms. The zero-order valence-corrected chi connectivity index (χ0v) is 41.3. The highest BCUT2D eigenvalue weighted by Crippen LogP contribution is 2.38. The predicted molar refractivity (Wildman–Crippen MR) is 260 cm³/mol. The zero-order valence-electron chi connectivity index (χ0n) is 51.3. The molecule has 14 nitrogen and oxygen atoms in total. The van der Waals surface area contributed by atoms with Crippen molar-refractivity contribution in [2.45, 2.75) is 180 Å². The summed E-state index contributed by atoms with van der Waals surface area (Å²) in [6, 6.07) is -1.39. The minimum atomic E-state index is -3.33. The smallest absolute Gasteiger partial charge is 0.329 e. The molecule has 2 saturated heterocycles. The Morgan fingerprint density at radius 1 is 0.956 bits per heavy atom. The van der Waals surface area contributed by atoms with E-state index in [-0.39, 0.29) is 74.8 Å². The number of carbonyl (C=O) groups is 4. The van der Waals surface area contributed by atoms with Crippen LogP contribution in [0, 0.1) is 35.5 Å². The topological polar surface area (TPSA) is 188 Å². The second-order valence-electron chi connectivity index (χ2n) is 19.6. The van der Waals surface area contributed by atoms with E-state index in [2.05, 4.69) is 6.58 Å². The van der Waals surface area contributed by atoms with Gasteiger partial charge in [0.15, 0.2) is 0 Å². The van der Waals surface area contributed by atoms with Gasteiger partial charge in [-0.15, -0.1) is 0 Å². The number of ketones is 2. The average Bonchev–Trinajstić information content (AvgIpc) is 3.35. The maximum Gasteiger partial charge on any atom is 0.329 e. The minimum Gasteiger partial charge on any atom is -0.460 e. The number of fused-ring (bicyclic) bond motifs is 3. The van der Waals surface area contributed by atoms with Crippen molar-refractivity contribution in [1.82, 2.24) is 4.90 Å². The van der Waals surface area contributed by atoms with Crippen LogP contribution in [-0.4, -0.2) is 139 Å². The molecule has 0 aromatic heterocycles. The number of allylic oxidation sites excluding steroid dienone is 6. The molecule has 3 aliphatic heterocycles. The Balaban J connectivity index is 1.79. The number of hydrogen-bond donors (Lipinski definition) is 3. The monoisotopic (exact) mass is 966 g/mol. The van der Waals surface area contributed by atoms with E-state index in [0.717, 1.165) is 4.90 Å². The molecule has 4 rings (SSSR count). The van der Waals surface area contributed by atoms with Crippen molar-refractivity contribution in [3.8, 4) is 0 Å². The van der Waals surface area contributed by atoms with Gasteiger partial charge in [0.25, 0.3) is 11.7 Å². The van der Waals surface area contributed by atoms with Crippen LogP contribution in [0.25, 0.3) is 0 Å². The van der Waals surface area contributed by atoms with Crippen molar-refractivity contribution in [3.05, 3.63) is 59.8 Å². The summed E-state index contributed by atoms with van der Waals surface area (Å²) in [4.78, 5) is 59.1. The normalized spacial score (nSPS) is 42.1. The lowest BCUT2D eigenvalue weighted by molar-refractivity contribution is -0.265. The van der Waals surface area contributed by atoms with Crippen LogP contribution in [0.4, 0.5) is 0 Å². The van der Waals surface area contributed by atoms with Gasteiger partial charge < -0.3 is 48.6 Å². The first-order chi connectivity index (χ1) is 36.0. The van der Waals surface area contributed by atoms with Gasteiger partial charge in [-0.1, -0.05) is 77.6 Å². The van der Waals surface area contributed by atoms with E-state index in [4.69, 9.17) is 42.1 Å². The molecule has 2 bridgehead atoms. The number of piperidine rings is 1. The Labute approximate surface area is 420 Å². The van der Waals surface area contributed by atoms with E-state index in [1.165, 1.54) is 34.1 Å². The fraction of sp³-hybridized carbons (Fsp3) is 0.741. The van der Waals surface area contributed by atoms with Gasteiger partial charge in [-0.2, -0.15) is 0 Å². The summed E-state index contributed by atoms with van der Waals surface area (Å²) >= 11 is 0. The summed E-state index contributed by atoms with van der Waals surface area (Å²) in [5.74, 6) is -11.0. The van der Waals surface area contributed by atoms with Crippen molar-refractivity contribution >= 4 is 23.4 Å². The number of esters is 1. The van der Waals surface area contributed by atoms with Gasteiger partial charge >= 0.3 is 5.97 Å². The Hall–Kier alpha value is -3.34. The molecule has 3 N–H and O–H groups in total. The third-order valence-electron chi connectivity index (χ3n) is 14.6. The molecule has 3 fully saturated rings. The van der Waals surface area contributed by atoms with Gasteiger partial charge in [0.1, 0.15) is 30.1 Å². The third kappa shape index (κ3) is 15.3. The van der Waals surface area contributed by atoms with Gasteiger partial charge in [-0.3, -0.25) is 14.4 Å². The highest BCUT2D eigenvalue weighted by molar-refractivity contribution is 6.39. The Bertz CT molecular complexity index is 2190. The van der Waals surface area contributed by atoms with E-state index >= 15 is 0 Å². The highest BCUT2D eigenvalue weighted by atomic mass is 16.6. The molecule has 3 heterocycles. The van der Waals surface area contributed by atoms with Gasteiger partial charge in [-0.05, 0) is 118 Å². The SMILES string of the molecule is [2H]C([2H])([2H])O[C@H]1C[C@@H]2CC[C@@H](C)[C@@](O)(O2)C(=O)C(=O)N2CCCC[C@H]2C(=O)O[C@H]([C@H](C)C[C@@H]2CC[C@@H](OC([2H])([2H])C([2H])([2H])O)[C@H](OC)C2)CC(=O)[C@H](C([2H])([2H])[2H])/C=C(\C)[C@@H](O)[C@@H](OC)C(=C)[C@H](C)C[C@H](C)/C=C/C=C/C=C/1C. The Kier molecular flexibility index (Phi) is 17.5. The van der Waals surface area contributed by atoms with Crippen LogP contribution in [0.15, 0.2) is 59.8 Å². The number of cyclic esters (lactones) is 1. The second kappa shape index (κ2) is 27.3. The van der Waals surface area contributed by atoms with Crippen LogP contribution < -0.4 is 0 Å². The van der Waals surface area contributed by atoms with Crippen LogP contribution in [0.3, 0.4) is 0 Å². The predicted octanol–water partition coefficient (Wildman–Crippen LogP) is 7.18. The maximum atomic E-state index is 14.6. The number of Topliss-reactive ketones (excluding diaryl/α,β-unsaturated/α-hetero) is 2. The van der Waals surface area contributed by atoms with E-state index in [9.17, 15) is 34.5 Å². The molecule has 0 aromatic rings. The fourth-order valence-corrected chi connectivity index (χ4v) is 10.1. The van der Waals surface area contributed by atoms with Gasteiger partial charge in [0, 0.05) is 56.6 Å². The van der Waals surface area contributed by atoms with Crippen LogP contribution in [0.1, 0.15) is 139 Å². The number of rotatable bonds is 9. The molecule has 0 spiro atoms. The summed E-state index contributed by atoms with van der Waals surface area (Å²) in [5.41, 5.74) is 1.13. The molecule has 384 valence electrons. The van der Waals surface area contributed by atoms with Crippen molar-refractivity contribution in [2.75, 3.05) is 40.9 Å². The van der Waals surface area contributed by atoms with Crippen molar-refractivity contribution in [2.24, 2.45) is 35.5 Å². The van der Waals surface area contributed by atoms with Crippen molar-refractivity contribution in [3.63, 3.8) is 0 Å². The van der Waals surface area contributed by atoms with Crippen molar-refractivity contribution < 1.29 is 76.6 Å². The lowest BCUT2D eigenvalue weighted by Crippen LogP contribution is -2.61. The molecule has 1 amide bonds. The first-order valence-corrected chi connectivity index (χ1v) is 24.2. The van der Waals surface area contributed by atoms with Gasteiger partial charge in [0.2, 0.25) is 5.79 Å². The summed E-state index contributed by atoms with van der Waals surface area (Å²) in [6.07, 6.45) is 4.65. The summed E-state index contributed by atoms with van der Waals surface area (Å²) < 4.78 is 115. The highest BCUT2D eigenvalue weighted by Gasteiger charge is 2.53. The summed E-state index contributed by atoms with van der Waals surface area (Å²) in [7, 11) is -0.0812. The minimum absolute atomic E-state index is 0.0216. The van der Waals surface area contributed by atoms with Crippen LogP contribution in [0.2, 0.25) is 0 Å². The van der Waals surface area contributed by atoms with Crippen LogP contribution >= 0.6 is 0 Å². The molecule has 4 aliphatic rings. The zero-order chi connectivity index (χ0) is 58.9. The van der Waals surface area contributed by atoms with Crippen molar-refractivity contribution in [1.29, 1.82) is 0 Å². The van der Waals surface area contributed by atoms with Crippen LogP contribution in [0.5, 0.6) is 0 Å². The molecular formula is C54H85NO13. The molecule has 0 radical (unpaired) electrons. The second-order valence-corrected chi connectivity index (χ2v) is 19.6. The third-order valence-corrected chi connectivity index (χ3v) is 14.6. The molecule has 0 unspecified atom stereocenters. The summed E-state index contributed by atoms with van der Waals surface area (Å²) in [5, 5.41) is 33.6. The molecule has 14 heteroatoms. The average molecular weight is 966 g/mol. The van der Waals surface area contributed by atoms with E-state index in [0.29, 0.717) is 36.8 Å². The lowest BCUT2D eigenvalue weighted by atomic mass is 9.78. The maximum absolute atomic E-state index is 14.6. The Morgan fingerprint density at radius 3 is 2.41 bits per heavy atom. The quantitative estimate of drug-likeness (QED) is 0.120. The van der Waals surface area contributed by atoms with E-state index in [1.54, 1.807) is 32.1 Å². The number of carbonyl (C=O) groups excluding carboxylic acids is 4. The van der Waals surface area contributed by atoms with Gasteiger partial charge in [-0.25, -0.2) is 4.79 Å². The number of aliphatic hydroxyl groups excluding tert-OH is 1. The van der Waals surface area contributed by atoms with Crippen LogP contribution in [-0.2, 0) is 47.6 Å². The van der Waals surface area contributed by atoms with Gasteiger partial charge in [0.05, 0.1) is 47.1 Å². The molecule has 0 aromatic carbocycles. The van der Waals surface area contributed by atoms with E-state index < -0.39 is 129 Å². The first kappa shape index (κ1) is 43.4. The number of aliphatic hydroxyl groups is 3. The first-order valence-electron chi connectivity index (χ1n) is 29.2. The Morgan fingerprint density at radius 2 is 1.72 bits per heavy atom. The number of nitrogens with zero attached hydrogens (tertiary/aromatic N) is 1. The largest absolute Gasteiger partial charge is 0.460 e. The number of methoxy groups -OCH3 is 3. The molecule has 1 saturated carbocycles. The standard InChI is InChI=1S/C54H85NO13/c1-33-17-13-12-14-18-34(2)46(63-9)31-42-22-20-39(7)54(62,68-42)51(59)52(60)55-24-16-15-19-43(55)53(61)67-47(37(5)29-41-21-23-45(66-26-25-56)48(30-41)64-10)32-44(57)36(4)28-38(6)49(58)50(65-11)40(8)35(3)27-33/h12-14,17-18,28,33,35-37,39,41-43,45-50,56,58,62H,8,15-16,19-27,29-32H2,1-7,9-11H3/b14-12+,17-13+,34-18+,38-28+/t33-,35-,36-,37-,39-,41+,42+,43+,45-,46+,47+,48-,49-,50+,54-/m1/s1/i4D3,9D3,25D2,26D2. The number of hydrogen-bond acceptors (Lipinski definition) is 13. The number of amides is 1. The number of ether oxygens (including phenoxy) is 6. The fourth-order valence-electron chi connectivity index (χ4n) is 10.1. The molecule has 1 aliphatic carbocycles. The lowest BCUT2D eigenvalue weighted by Gasteiger charge is -2.42. The molecule has 15 atom stereocenters. The van der Waals surface area contributed by atoms with E-state index in [1.807, 2.05) is 26.0 Å².